The lowest BCUT2D eigenvalue weighted by atomic mass is 9.99. The van der Waals surface area contributed by atoms with Crippen LogP contribution in [0.2, 0.25) is 0 Å². The summed E-state index contributed by atoms with van der Waals surface area (Å²) >= 11 is 0. The molecular formula is C46H84O6. The third-order valence-corrected chi connectivity index (χ3v) is 10.1. The first-order chi connectivity index (χ1) is 25.4. The van der Waals surface area contributed by atoms with E-state index in [4.69, 9.17) is 9.47 Å². The first-order valence-corrected chi connectivity index (χ1v) is 22.0. The predicted molar refractivity (Wildman–Crippen MR) is 220 cm³/mol. The molecule has 3 atom stereocenters. The molecule has 0 aromatic rings. The van der Waals surface area contributed by atoms with Crippen LogP contribution in [0.5, 0.6) is 0 Å². The lowest BCUT2D eigenvalue weighted by Crippen LogP contribution is -2.28. The minimum absolute atomic E-state index is 0.101. The molecule has 0 saturated heterocycles. The van der Waals surface area contributed by atoms with Crippen LogP contribution in [0.25, 0.3) is 0 Å². The summed E-state index contributed by atoms with van der Waals surface area (Å²) < 4.78 is 10.6. The summed E-state index contributed by atoms with van der Waals surface area (Å²) in [6.07, 6.45) is 45.2. The van der Waals surface area contributed by atoms with Crippen LogP contribution in [0.15, 0.2) is 36.5 Å². The van der Waals surface area contributed by atoms with Crippen molar-refractivity contribution < 1.29 is 29.3 Å². The van der Waals surface area contributed by atoms with Crippen LogP contribution in [0.3, 0.4) is 0 Å². The maximum Gasteiger partial charge on any atom is 0.306 e. The molecule has 0 saturated carbocycles. The molecule has 0 radical (unpaired) electrons. The molecule has 304 valence electrons. The Hall–Kier alpha value is -1.92. The van der Waals surface area contributed by atoms with Gasteiger partial charge in [-0.05, 0) is 38.0 Å². The molecule has 0 aliphatic rings. The molecule has 0 bridgehead atoms. The first kappa shape index (κ1) is 50.1. The number of hydrogen-bond donors (Lipinski definition) is 2. The van der Waals surface area contributed by atoms with Crippen molar-refractivity contribution in [3.63, 3.8) is 0 Å². The number of esters is 2. The van der Waals surface area contributed by atoms with Gasteiger partial charge in [0, 0.05) is 12.8 Å². The fourth-order valence-corrected chi connectivity index (χ4v) is 6.36. The normalized spacial score (nSPS) is 13.7. The van der Waals surface area contributed by atoms with E-state index in [1.165, 1.54) is 109 Å². The summed E-state index contributed by atoms with van der Waals surface area (Å²) in [7, 11) is 0. The molecule has 0 spiro atoms. The van der Waals surface area contributed by atoms with E-state index in [1.807, 2.05) is 18.2 Å². The van der Waals surface area contributed by atoms with E-state index in [1.54, 1.807) is 0 Å². The highest BCUT2D eigenvalue weighted by atomic mass is 16.6. The maximum atomic E-state index is 12.2. The van der Waals surface area contributed by atoms with E-state index in [2.05, 4.69) is 39.0 Å². The van der Waals surface area contributed by atoms with Crippen molar-refractivity contribution in [1.82, 2.24) is 0 Å². The number of aliphatic hydroxyl groups is 2. The zero-order valence-electron chi connectivity index (χ0n) is 34.4. The van der Waals surface area contributed by atoms with Crippen molar-refractivity contribution in [3.05, 3.63) is 36.5 Å². The monoisotopic (exact) mass is 733 g/mol. The summed E-state index contributed by atoms with van der Waals surface area (Å²) in [5, 5.41) is 19.6. The number of allylic oxidation sites excluding steroid dienone is 5. The van der Waals surface area contributed by atoms with E-state index < -0.39 is 12.2 Å². The van der Waals surface area contributed by atoms with Gasteiger partial charge in [0.05, 0.1) is 12.7 Å². The summed E-state index contributed by atoms with van der Waals surface area (Å²) in [5.74, 6) is 0.249. The first-order valence-electron chi connectivity index (χ1n) is 22.0. The van der Waals surface area contributed by atoms with Gasteiger partial charge in [0.2, 0.25) is 0 Å². The number of unbranched alkanes of at least 4 members (excludes halogenated alkanes) is 21. The van der Waals surface area contributed by atoms with E-state index in [-0.39, 0.29) is 25.2 Å². The predicted octanol–water partition coefficient (Wildman–Crippen LogP) is 12.8. The molecule has 2 unspecified atom stereocenters. The Balaban J connectivity index is 3.56. The summed E-state index contributed by atoms with van der Waals surface area (Å²) in [5.41, 5.74) is 0. The molecule has 0 rings (SSSR count). The highest BCUT2D eigenvalue weighted by Gasteiger charge is 2.16. The second-order valence-corrected chi connectivity index (χ2v) is 15.2. The lowest BCUT2D eigenvalue weighted by Gasteiger charge is -2.15. The van der Waals surface area contributed by atoms with Crippen molar-refractivity contribution in [3.8, 4) is 0 Å². The third kappa shape index (κ3) is 37.8. The highest BCUT2D eigenvalue weighted by molar-refractivity contribution is 5.70. The zero-order chi connectivity index (χ0) is 38.2. The van der Waals surface area contributed by atoms with Crippen LogP contribution in [0.4, 0.5) is 0 Å². The van der Waals surface area contributed by atoms with Gasteiger partial charge in [-0.3, -0.25) is 9.59 Å². The maximum absolute atomic E-state index is 12.2. The molecule has 0 aliphatic heterocycles. The summed E-state index contributed by atoms with van der Waals surface area (Å²) in [6.45, 7) is 6.34. The summed E-state index contributed by atoms with van der Waals surface area (Å²) in [4.78, 5) is 24.3. The molecule has 0 heterocycles. The number of hydrogen-bond acceptors (Lipinski definition) is 6. The Morgan fingerprint density at radius 3 is 1.52 bits per heavy atom. The van der Waals surface area contributed by atoms with Crippen molar-refractivity contribution in [1.29, 1.82) is 0 Å². The van der Waals surface area contributed by atoms with Crippen molar-refractivity contribution in [2.45, 2.75) is 226 Å². The van der Waals surface area contributed by atoms with Gasteiger partial charge < -0.3 is 19.7 Å². The van der Waals surface area contributed by atoms with Crippen molar-refractivity contribution >= 4 is 11.9 Å². The van der Waals surface area contributed by atoms with Gasteiger partial charge in [-0.15, -0.1) is 0 Å². The Labute approximate surface area is 321 Å². The van der Waals surface area contributed by atoms with Crippen molar-refractivity contribution in [2.24, 2.45) is 5.92 Å². The SMILES string of the molecule is CC/C=C/C/C=C/C=C/C(O)CCCCCCCC(=O)OC[C@H](CO)OC(=O)CCCCCCCCCCCCCCCCCCCCC(C)CC. The van der Waals surface area contributed by atoms with Gasteiger partial charge >= 0.3 is 11.9 Å². The third-order valence-electron chi connectivity index (χ3n) is 10.1. The second-order valence-electron chi connectivity index (χ2n) is 15.2. The number of ether oxygens (including phenoxy) is 2. The van der Waals surface area contributed by atoms with E-state index in [0.29, 0.717) is 12.8 Å². The standard InChI is InChI=1S/C46H84O6/c1-4-6-7-8-21-26-31-36-43(48)37-32-27-24-29-33-38-45(49)51-41-44(40-47)52-46(50)39-34-28-23-20-18-16-14-12-10-9-11-13-15-17-19-22-25-30-35-42(3)5-2/h6-7,21,26,31,36,42-44,47-48H,4-5,8-20,22-25,27-30,32-35,37-41H2,1-3H3/b7-6+,26-21+,36-31+/t42?,43?,44-/m0/s1. The minimum Gasteiger partial charge on any atom is -0.462 e. The molecule has 0 aromatic heterocycles. The lowest BCUT2D eigenvalue weighted by molar-refractivity contribution is -0.161. The van der Waals surface area contributed by atoms with Crippen LogP contribution in [0, 0.1) is 5.92 Å². The van der Waals surface area contributed by atoms with Gasteiger partial charge in [-0.2, -0.15) is 0 Å². The van der Waals surface area contributed by atoms with Gasteiger partial charge in [-0.25, -0.2) is 0 Å². The van der Waals surface area contributed by atoms with E-state index in [0.717, 1.165) is 76.5 Å². The Morgan fingerprint density at radius 2 is 1.04 bits per heavy atom. The Morgan fingerprint density at radius 1 is 0.577 bits per heavy atom. The van der Waals surface area contributed by atoms with Crippen LogP contribution in [-0.2, 0) is 19.1 Å². The minimum atomic E-state index is -0.802. The summed E-state index contributed by atoms with van der Waals surface area (Å²) in [6, 6.07) is 0. The molecule has 0 amide bonds. The molecular weight excluding hydrogens is 648 g/mol. The van der Waals surface area contributed by atoms with Crippen LogP contribution in [0.1, 0.15) is 213 Å². The Bertz CT molecular complexity index is 865. The average Bonchev–Trinajstić information content (AvgIpc) is 3.14. The number of carbonyl (C=O) groups is 2. The van der Waals surface area contributed by atoms with Crippen LogP contribution in [-0.4, -0.2) is 47.6 Å². The molecule has 0 aromatic carbocycles. The number of aliphatic hydroxyl groups excluding tert-OH is 2. The van der Waals surface area contributed by atoms with Gasteiger partial charge in [-0.1, -0.05) is 205 Å². The smallest absolute Gasteiger partial charge is 0.306 e. The Kier molecular flexibility index (Phi) is 38.8. The topological polar surface area (TPSA) is 93.1 Å². The van der Waals surface area contributed by atoms with Gasteiger partial charge in [0.15, 0.2) is 6.10 Å². The van der Waals surface area contributed by atoms with Crippen LogP contribution < -0.4 is 0 Å². The highest BCUT2D eigenvalue weighted by Crippen LogP contribution is 2.17. The van der Waals surface area contributed by atoms with Crippen LogP contribution >= 0.6 is 0 Å². The zero-order valence-corrected chi connectivity index (χ0v) is 34.4. The van der Waals surface area contributed by atoms with Crippen molar-refractivity contribution in [2.75, 3.05) is 13.2 Å². The molecule has 0 fully saturated rings. The molecule has 6 heteroatoms. The fourth-order valence-electron chi connectivity index (χ4n) is 6.36. The largest absolute Gasteiger partial charge is 0.462 e. The quantitative estimate of drug-likeness (QED) is 0.0283. The molecule has 0 aliphatic carbocycles. The number of carbonyl (C=O) groups excluding carboxylic acids is 2. The second kappa shape index (κ2) is 40.3. The van der Waals surface area contributed by atoms with Gasteiger partial charge in [0.25, 0.3) is 0 Å². The number of rotatable bonds is 39. The van der Waals surface area contributed by atoms with E-state index in [9.17, 15) is 19.8 Å². The molecule has 2 N–H and O–H groups in total. The average molecular weight is 733 g/mol. The fraction of sp³-hybridized carbons (Fsp3) is 0.826. The molecule has 52 heavy (non-hydrogen) atoms. The van der Waals surface area contributed by atoms with Gasteiger partial charge in [0.1, 0.15) is 6.61 Å². The molecule has 6 nitrogen and oxygen atoms in total. The van der Waals surface area contributed by atoms with E-state index >= 15 is 0 Å².